The fourth-order valence-corrected chi connectivity index (χ4v) is 2.63. The first kappa shape index (κ1) is 11.5. The highest BCUT2D eigenvalue weighted by Crippen LogP contribution is 2.28. The first-order chi connectivity index (χ1) is 8.65. The van der Waals surface area contributed by atoms with Crippen molar-refractivity contribution >= 4 is 26.8 Å². The predicted molar refractivity (Wildman–Crippen MR) is 80.8 cm³/mol. The summed E-state index contributed by atoms with van der Waals surface area (Å²) in [4.78, 5) is 0. The fraction of sp³-hybridized carbons (Fsp3) is 0.125. The van der Waals surface area contributed by atoms with Crippen LogP contribution in [0.15, 0.2) is 53.0 Å². The molecule has 0 aliphatic heterocycles. The topological polar surface area (TPSA) is 4.93 Å². The molecule has 2 heteroatoms. The van der Waals surface area contributed by atoms with Crippen molar-refractivity contribution in [3.05, 3.63) is 58.6 Å². The van der Waals surface area contributed by atoms with E-state index >= 15 is 0 Å². The standard InChI is InChI=1S/C16H14BrN/c1-11-3-8-15-13(9-11)10-16(18(15)2)12-4-6-14(17)7-5-12/h3-10H,1-2H3. The Labute approximate surface area is 115 Å². The second kappa shape index (κ2) is 4.29. The second-order valence-electron chi connectivity index (χ2n) is 4.66. The van der Waals surface area contributed by atoms with Gasteiger partial charge in [0.15, 0.2) is 0 Å². The van der Waals surface area contributed by atoms with Crippen LogP contribution in [0.4, 0.5) is 0 Å². The number of aryl methyl sites for hydroxylation is 2. The van der Waals surface area contributed by atoms with Gasteiger partial charge in [-0.3, -0.25) is 0 Å². The number of halogens is 1. The third kappa shape index (κ3) is 1.87. The van der Waals surface area contributed by atoms with Crippen LogP contribution in [0.5, 0.6) is 0 Å². The molecule has 2 aromatic carbocycles. The zero-order valence-corrected chi connectivity index (χ0v) is 12.0. The zero-order valence-electron chi connectivity index (χ0n) is 10.4. The van der Waals surface area contributed by atoms with Crippen LogP contribution < -0.4 is 0 Å². The van der Waals surface area contributed by atoms with Crippen molar-refractivity contribution in [2.24, 2.45) is 7.05 Å². The lowest BCUT2D eigenvalue weighted by atomic mass is 10.1. The van der Waals surface area contributed by atoms with E-state index in [0.29, 0.717) is 0 Å². The highest BCUT2D eigenvalue weighted by Gasteiger charge is 2.07. The lowest BCUT2D eigenvalue weighted by Gasteiger charge is -2.04. The Bertz CT molecular complexity index is 708. The maximum absolute atomic E-state index is 3.47. The SMILES string of the molecule is Cc1ccc2c(c1)cc(-c1ccc(Br)cc1)n2C. The number of hydrogen-bond acceptors (Lipinski definition) is 0. The maximum Gasteiger partial charge on any atom is 0.0488 e. The summed E-state index contributed by atoms with van der Waals surface area (Å²) in [6, 6.07) is 17.3. The van der Waals surface area contributed by atoms with Crippen molar-refractivity contribution in [2.75, 3.05) is 0 Å². The number of aromatic nitrogens is 1. The Morgan fingerprint density at radius 3 is 2.39 bits per heavy atom. The molecule has 1 heterocycles. The number of hydrogen-bond donors (Lipinski definition) is 0. The summed E-state index contributed by atoms with van der Waals surface area (Å²) in [6.07, 6.45) is 0. The summed E-state index contributed by atoms with van der Waals surface area (Å²) < 4.78 is 3.36. The molecule has 0 radical (unpaired) electrons. The first-order valence-corrected chi connectivity index (χ1v) is 6.76. The minimum Gasteiger partial charge on any atom is -0.344 e. The molecule has 0 N–H and O–H groups in total. The summed E-state index contributed by atoms with van der Waals surface area (Å²) in [5.74, 6) is 0. The van der Waals surface area contributed by atoms with Gasteiger partial charge in [0.1, 0.15) is 0 Å². The molecule has 0 saturated heterocycles. The molecule has 0 unspecified atom stereocenters. The molecule has 0 fully saturated rings. The highest BCUT2D eigenvalue weighted by molar-refractivity contribution is 9.10. The van der Waals surface area contributed by atoms with Gasteiger partial charge in [-0.05, 0) is 42.8 Å². The lowest BCUT2D eigenvalue weighted by molar-refractivity contribution is 0.978. The maximum atomic E-state index is 3.47. The van der Waals surface area contributed by atoms with Crippen LogP contribution in [0, 0.1) is 6.92 Å². The van der Waals surface area contributed by atoms with Crippen LogP contribution in [0.25, 0.3) is 22.2 Å². The van der Waals surface area contributed by atoms with E-state index in [0.717, 1.165) is 4.47 Å². The minimum absolute atomic E-state index is 1.11. The van der Waals surface area contributed by atoms with Crippen molar-refractivity contribution in [3.8, 4) is 11.3 Å². The molecule has 1 aromatic heterocycles. The molecule has 90 valence electrons. The molecule has 0 spiro atoms. The molecule has 0 atom stereocenters. The van der Waals surface area contributed by atoms with Crippen molar-refractivity contribution < 1.29 is 0 Å². The third-order valence-electron chi connectivity index (χ3n) is 3.34. The van der Waals surface area contributed by atoms with Gasteiger partial charge in [0.25, 0.3) is 0 Å². The Balaban J connectivity index is 2.23. The van der Waals surface area contributed by atoms with E-state index in [1.165, 1.54) is 27.7 Å². The van der Waals surface area contributed by atoms with Gasteiger partial charge in [0.2, 0.25) is 0 Å². The van der Waals surface area contributed by atoms with Crippen molar-refractivity contribution in [2.45, 2.75) is 6.92 Å². The van der Waals surface area contributed by atoms with Crippen LogP contribution in [-0.4, -0.2) is 4.57 Å². The van der Waals surface area contributed by atoms with Gasteiger partial charge < -0.3 is 4.57 Å². The van der Waals surface area contributed by atoms with Crippen molar-refractivity contribution in [1.82, 2.24) is 4.57 Å². The van der Waals surface area contributed by atoms with Gasteiger partial charge in [-0.15, -0.1) is 0 Å². The van der Waals surface area contributed by atoms with Crippen LogP contribution in [0.1, 0.15) is 5.56 Å². The predicted octanol–water partition coefficient (Wildman–Crippen LogP) is 4.92. The second-order valence-corrected chi connectivity index (χ2v) is 5.57. The van der Waals surface area contributed by atoms with E-state index in [1.807, 2.05) is 0 Å². The van der Waals surface area contributed by atoms with E-state index < -0.39 is 0 Å². The summed E-state index contributed by atoms with van der Waals surface area (Å²) in [7, 11) is 2.12. The molecule has 3 aromatic rings. The third-order valence-corrected chi connectivity index (χ3v) is 3.87. The van der Waals surface area contributed by atoms with Gasteiger partial charge in [-0.1, -0.05) is 39.7 Å². The molecule has 0 amide bonds. The lowest BCUT2D eigenvalue weighted by Crippen LogP contribution is -1.90. The molecule has 3 rings (SSSR count). The number of fused-ring (bicyclic) bond motifs is 1. The molecular weight excluding hydrogens is 286 g/mol. The van der Waals surface area contributed by atoms with E-state index in [1.54, 1.807) is 0 Å². The van der Waals surface area contributed by atoms with Gasteiger partial charge in [-0.25, -0.2) is 0 Å². The summed E-state index contributed by atoms with van der Waals surface area (Å²) in [5, 5.41) is 1.30. The largest absolute Gasteiger partial charge is 0.344 e. The van der Waals surface area contributed by atoms with Crippen molar-refractivity contribution in [1.29, 1.82) is 0 Å². The summed E-state index contributed by atoms with van der Waals surface area (Å²) in [5.41, 5.74) is 5.08. The Kier molecular flexibility index (Phi) is 2.75. The number of benzene rings is 2. The van der Waals surface area contributed by atoms with E-state index in [-0.39, 0.29) is 0 Å². The Morgan fingerprint density at radius 2 is 1.67 bits per heavy atom. The molecule has 18 heavy (non-hydrogen) atoms. The van der Waals surface area contributed by atoms with Gasteiger partial charge in [0.05, 0.1) is 0 Å². The smallest absolute Gasteiger partial charge is 0.0488 e. The van der Waals surface area contributed by atoms with Gasteiger partial charge in [-0.2, -0.15) is 0 Å². The summed E-state index contributed by atoms with van der Waals surface area (Å²) in [6.45, 7) is 2.13. The average Bonchev–Trinajstić information content (AvgIpc) is 2.67. The van der Waals surface area contributed by atoms with Gasteiger partial charge >= 0.3 is 0 Å². The normalized spacial score (nSPS) is 11.1. The molecular formula is C16H14BrN. The Morgan fingerprint density at radius 1 is 0.944 bits per heavy atom. The highest BCUT2D eigenvalue weighted by atomic mass is 79.9. The molecule has 0 aliphatic carbocycles. The number of nitrogens with zero attached hydrogens (tertiary/aromatic N) is 1. The quantitative estimate of drug-likeness (QED) is 0.601. The minimum atomic E-state index is 1.11. The number of rotatable bonds is 1. The molecule has 0 aliphatic rings. The molecule has 1 nitrogen and oxygen atoms in total. The van der Waals surface area contributed by atoms with Gasteiger partial charge in [0, 0.05) is 28.1 Å². The summed E-state index contributed by atoms with van der Waals surface area (Å²) >= 11 is 3.47. The van der Waals surface area contributed by atoms with E-state index in [9.17, 15) is 0 Å². The van der Waals surface area contributed by atoms with E-state index in [4.69, 9.17) is 0 Å². The van der Waals surface area contributed by atoms with E-state index in [2.05, 4.69) is 83.0 Å². The Hall–Kier alpha value is -1.54. The zero-order chi connectivity index (χ0) is 12.7. The van der Waals surface area contributed by atoms with Crippen molar-refractivity contribution in [3.63, 3.8) is 0 Å². The van der Waals surface area contributed by atoms with Crippen LogP contribution in [0.3, 0.4) is 0 Å². The molecule has 0 bridgehead atoms. The van der Waals surface area contributed by atoms with Crippen LogP contribution in [0.2, 0.25) is 0 Å². The first-order valence-electron chi connectivity index (χ1n) is 5.97. The van der Waals surface area contributed by atoms with Crippen LogP contribution in [-0.2, 0) is 7.05 Å². The average molecular weight is 300 g/mol. The van der Waals surface area contributed by atoms with Crippen LogP contribution >= 0.6 is 15.9 Å². The molecule has 0 saturated carbocycles. The monoisotopic (exact) mass is 299 g/mol. The fourth-order valence-electron chi connectivity index (χ4n) is 2.37.